The molecule has 0 spiro atoms. The maximum absolute atomic E-state index is 13.2. The number of aromatic nitrogens is 6. The van der Waals surface area contributed by atoms with Gasteiger partial charge in [0.15, 0.2) is 20.5 Å². The van der Waals surface area contributed by atoms with Crippen LogP contribution in [0.15, 0.2) is 23.5 Å². The Morgan fingerprint density at radius 1 is 1.20 bits per heavy atom. The zero-order chi connectivity index (χ0) is 25.7. The van der Waals surface area contributed by atoms with E-state index in [-0.39, 0.29) is 46.1 Å². The first-order chi connectivity index (χ1) is 16.4. The maximum atomic E-state index is 13.2. The van der Waals surface area contributed by atoms with Gasteiger partial charge in [-0.3, -0.25) is 9.63 Å². The minimum absolute atomic E-state index is 0.00401. The van der Waals surface area contributed by atoms with Gasteiger partial charge in [-0.1, -0.05) is 6.92 Å². The van der Waals surface area contributed by atoms with Gasteiger partial charge in [0.25, 0.3) is 5.91 Å². The lowest BCUT2D eigenvalue weighted by Crippen LogP contribution is -2.27. The van der Waals surface area contributed by atoms with Gasteiger partial charge in [-0.25, -0.2) is 33.4 Å². The van der Waals surface area contributed by atoms with Crippen LogP contribution in [-0.4, -0.2) is 55.8 Å². The molecule has 0 aliphatic heterocycles. The van der Waals surface area contributed by atoms with E-state index in [0.29, 0.717) is 5.56 Å². The van der Waals surface area contributed by atoms with Crippen molar-refractivity contribution < 1.29 is 31.2 Å². The summed E-state index contributed by atoms with van der Waals surface area (Å²) in [7, 11) is -2.48. The summed E-state index contributed by atoms with van der Waals surface area (Å²) in [6.07, 6.45) is -2.32. The first kappa shape index (κ1) is 24.5. The van der Waals surface area contributed by atoms with Crippen molar-refractivity contribution in [1.29, 1.82) is 0 Å². The molecular weight excluding hydrogens is 491 g/mol. The average Bonchev–Trinajstić information content (AvgIpc) is 3.34. The van der Waals surface area contributed by atoms with Crippen molar-refractivity contribution in [3.63, 3.8) is 0 Å². The van der Waals surface area contributed by atoms with Crippen LogP contribution in [0, 0.1) is 6.92 Å². The minimum atomic E-state index is -4.69. The lowest BCUT2D eigenvalue weighted by Gasteiger charge is -2.08. The Morgan fingerprint density at radius 2 is 1.91 bits per heavy atom. The fourth-order valence-electron chi connectivity index (χ4n) is 3.53. The van der Waals surface area contributed by atoms with E-state index >= 15 is 0 Å². The molecule has 0 aliphatic rings. The Hall–Kier alpha value is -3.59. The number of aryl methyl sites for hydroxylation is 2. The van der Waals surface area contributed by atoms with Gasteiger partial charge >= 0.3 is 6.18 Å². The second kappa shape index (κ2) is 8.57. The molecule has 0 radical (unpaired) electrons. The van der Waals surface area contributed by atoms with E-state index in [0.717, 1.165) is 16.8 Å². The normalized spacial score (nSPS) is 12.5. The Bertz CT molecular complexity index is 1580. The van der Waals surface area contributed by atoms with E-state index in [9.17, 15) is 26.4 Å². The van der Waals surface area contributed by atoms with E-state index in [1.807, 2.05) is 0 Å². The number of imidazole rings is 1. The van der Waals surface area contributed by atoms with E-state index in [2.05, 4.69) is 25.5 Å². The highest BCUT2D eigenvalue weighted by Crippen LogP contribution is 2.35. The summed E-state index contributed by atoms with van der Waals surface area (Å²) in [6, 6.07) is 0.775. The van der Waals surface area contributed by atoms with Crippen LogP contribution in [0.5, 0.6) is 0 Å². The summed E-state index contributed by atoms with van der Waals surface area (Å²) in [5.41, 5.74) is 1.57. The molecule has 1 amide bonds. The van der Waals surface area contributed by atoms with E-state index in [4.69, 9.17) is 4.84 Å². The summed E-state index contributed by atoms with van der Waals surface area (Å²) in [4.78, 5) is 29.7. The lowest BCUT2D eigenvalue weighted by atomic mass is 10.2. The number of sulfone groups is 1. The third-order valence-corrected chi connectivity index (χ3v) is 6.91. The molecular formula is C20H20F3N7O4S. The van der Waals surface area contributed by atoms with Crippen molar-refractivity contribution in [2.75, 3.05) is 12.4 Å². The fraction of sp³-hybridized carbons (Fsp3) is 0.350. The number of nitrogens with zero attached hydrogens (tertiary/aromatic N) is 6. The Balaban J connectivity index is 2.07. The van der Waals surface area contributed by atoms with Crippen molar-refractivity contribution in [3.05, 3.63) is 35.4 Å². The number of fused-ring (bicyclic) bond motifs is 2. The topological polar surface area (TPSA) is 133 Å². The highest BCUT2D eigenvalue weighted by molar-refractivity contribution is 7.91. The number of carbonyl (C=O) groups is 1. The largest absolute Gasteiger partial charge is 0.433 e. The quantitative estimate of drug-likeness (QED) is 0.391. The molecule has 4 rings (SSSR count). The summed E-state index contributed by atoms with van der Waals surface area (Å²) in [5, 5.41) is 3.78. The molecule has 0 atom stereocenters. The Labute approximate surface area is 196 Å². The van der Waals surface area contributed by atoms with Gasteiger partial charge in [0, 0.05) is 13.2 Å². The van der Waals surface area contributed by atoms with Crippen LogP contribution >= 0.6 is 0 Å². The van der Waals surface area contributed by atoms with Crippen molar-refractivity contribution in [3.8, 4) is 11.4 Å². The van der Waals surface area contributed by atoms with Gasteiger partial charge in [0.05, 0.1) is 29.6 Å². The molecule has 35 heavy (non-hydrogen) atoms. The van der Waals surface area contributed by atoms with Gasteiger partial charge in [0.1, 0.15) is 22.8 Å². The van der Waals surface area contributed by atoms with Crippen molar-refractivity contribution in [1.82, 2.24) is 34.6 Å². The van der Waals surface area contributed by atoms with Crippen molar-refractivity contribution in [2.24, 2.45) is 7.05 Å². The summed E-state index contributed by atoms with van der Waals surface area (Å²) in [5.74, 6) is -1.02. The number of rotatable bonds is 6. The van der Waals surface area contributed by atoms with Gasteiger partial charge in [-0.2, -0.15) is 18.3 Å². The molecule has 0 saturated heterocycles. The number of hydroxylamine groups is 1. The molecule has 0 unspecified atom stereocenters. The molecule has 4 heterocycles. The molecule has 0 saturated carbocycles. The van der Waals surface area contributed by atoms with Crippen LogP contribution in [0.25, 0.3) is 28.1 Å². The van der Waals surface area contributed by atoms with E-state index < -0.39 is 32.6 Å². The highest BCUT2D eigenvalue weighted by atomic mass is 32.2. The van der Waals surface area contributed by atoms with Crippen molar-refractivity contribution >= 4 is 32.4 Å². The van der Waals surface area contributed by atoms with Crippen LogP contribution < -0.4 is 5.48 Å². The fourth-order valence-corrected chi connectivity index (χ4v) is 4.50. The highest BCUT2D eigenvalue weighted by Gasteiger charge is 2.34. The number of nitrogens with one attached hydrogen (secondary N) is 1. The SMILES string of the molecule is CCONC(=O)c1c(C)cnc2c(-c3nc4cc(C(F)(F)F)ncc4n3C)c(S(=O)(=O)CC)nn12. The lowest BCUT2D eigenvalue weighted by molar-refractivity contribution is -0.141. The monoisotopic (exact) mass is 511 g/mol. The molecule has 11 nitrogen and oxygen atoms in total. The maximum Gasteiger partial charge on any atom is 0.433 e. The minimum Gasteiger partial charge on any atom is -0.326 e. The molecule has 15 heteroatoms. The molecule has 0 fully saturated rings. The zero-order valence-electron chi connectivity index (χ0n) is 19.0. The number of alkyl halides is 3. The van der Waals surface area contributed by atoms with Crippen LogP contribution in [-0.2, 0) is 27.9 Å². The van der Waals surface area contributed by atoms with Gasteiger partial charge in [-0.15, -0.1) is 0 Å². The molecule has 186 valence electrons. The molecule has 0 bridgehead atoms. The number of carbonyl (C=O) groups excluding carboxylic acids is 1. The zero-order valence-corrected chi connectivity index (χ0v) is 19.8. The van der Waals surface area contributed by atoms with Crippen LogP contribution in [0.2, 0.25) is 0 Å². The Morgan fingerprint density at radius 3 is 2.54 bits per heavy atom. The second-order valence-corrected chi connectivity index (χ2v) is 9.72. The van der Waals surface area contributed by atoms with E-state index in [1.54, 1.807) is 13.8 Å². The molecule has 1 N–H and O–H groups in total. The summed E-state index contributed by atoms with van der Waals surface area (Å²) >= 11 is 0. The molecule has 0 aliphatic carbocycles. The standard InChI is InChI=1S/C20H20F3N7O4S/c1-5-34-28-18(31)15-10(3)8-25-16-14(19(27-30(15)16)35(32,33)6-2)17-26-11-7-13(20(21,22)23)24-9-12(11)29(17)4/h7-9H,5-6H2,1-4H3,(H,28,31). The number of halogens is 3. The predicted octanol–water partition coefficient (Wildman–Crippen LogP) is 2.48. The number of amides is 1. The van der Waals surface area contributed by atoms with Crippen LogP contribution in [0.4, 0.5) is 13.2 Å². The molecule has 4 aromatic heterocycles. The third-order valence-electron chi connectivity index (χ3n) is 5.27. The first-order valence-electron chi connectivity index (χ1n) is 10.3. The molecule has 4 aromatic rings. The smallest absolute Gasteiger partial charge is 0.326 e. The number of pyridine rings is 1. The Kier molecular flexibility index (Phi) is 6.00. The van der Waals surface area contributed by atoms with Crippen LogP contribution in [0.3, 0.4) is 0 Å². The van der Waals surface area contributed by atoms with Crippen LogP contribution in [0.1, 0.15) is 35.6 Å². The van der Waals surface area contributed by atoms with Gasteiger partial charge in [0.2, 0.25) is 0 Å². The third kappa shape index (κ3) is 4.10. The summed E-state index contributed by atoms with van der Waals surface area (Å²) in [6.45, 7) is 4.85. The number of hydrogen-bond donors (Lipinski definition) is 1. The summed E-state index contributed by atoms with van der Waals surface area (Å²) < 4.78 is 68.0. The van der Waals surface area contributed by atoms with E-state index in [1.165, 1.54) is 24.7 Å². The molecule has 0 aromatic carbocycles. The van der Waals surface area contributed by atoms with Crippen molar-refractivity contribution in [2.45, 2.75) is 32.0 Å². The number of hydrogen-bond acceptors (Lipinski definition) is 8. The second-order valence-electron chi connectivity index (χ2n) is 7.52. The van der Waals surface area contributed by atoms with Gasteiger partial charge < -0.3 is 4.57 Å². The first-order valence-corrected chi connectivity index (χ1v) is 12.0. The van der Waals surface area contributed by atoms with Gasteiger partial charge in [-0.05, 0) is 25.5 Å². The predicted molar refractivity (Wildman–Crippen MR) is 117 cm³/mol. The average molecular weight is 511 g/mol.